The molecular formula is C21H22ClNO3. The summed E-state index contributed by atoms with van der Waals surface area (Å²) in [6.07, 6.45) is 5.70. The summed E-state index contributed by atoms with van der Waals surface area (Å²) in [5.41, 5.74) is 1.14. The van der Waals surface area contributed by atoms with E-state index in [2.05, 4.69) is 5.32 Å². The number of ketones is 1. The zero-order valence-corrected chi connectivity index (χ0v) is 15.3. The van der Waals surface area contributed by atoms with Gasteiger partial charge in [-0.2, -0.15) is 0 Å². The summed E-state index contributed by atoms with van der Waals surface area (Å²) in [6, 6.07) is 13.9. The number of amides is 1. The number of carbonyl (C=O) groups excluding carboxylic acids is 2. The van der Waals surface area contributed by atoms with Crippen molar-refractivity contribution >= 4 is 23.3 Å². The first-order chi connectivity index (χ1) is 12.6. The first-order valence-corrected chi connectivity index (χ1v) is 9.32. The van der Waals surface area contributed by atoms with E-state index in [-0.39, 0.29) is 24.3 Å². The van der Waals surface area contributed by atoms with Crippen LogP contribution in [0.4, 0.5) is 0 Å². The number of carbonyl (C=O) groups is 2. The van der Waals surface area contributed by atoms with Gasteiger partial charge in [0.1, 0.15) is 5.75 Å². The van der Waals surface area contributed by atoms with Crippen LogP contribution in [0.1, 0.15) is 48.0 Å². The SMILES string of the molecule is O=C(COc1ccc(C(=O)c2ccc(Cl)cc2)cc1)NC1CCCCC1. The highest BCUT2D eigenvalue weighted by atomic mass is 35.5. The van der Waals surface area contributed by atoms with Crippen LogP contribution in [0.15, 0.2) is 48.5 Å². The molecule has 1 N–H and O–H groups in total. The van der Waals surface area contributed by atoms with Gasteiger partial charge in [-0.05, 0) is 61.4 Å². The highest BCUT2D eigenvalue weighted by Crippen LogP contribution is 2.18. The third-order valence-electron chi connectivity index (χ3n) is 4.56. The van der Waals surface area contributed by atoms with Crippen LogP contribution < -0.4 is 10.1 Å². The van der Waals surface area contributed by atoms with Crippen molar-refractivity contribution in [2.45, 2.75) is 38.1 Å². The number of hydrogen-bond acceptors (Lipinski definition) is 3. The molecule has 2 aromatic rings. The third kappa shape index (κ3) is 5.09. The molecule has 5 heteroatoms. The molecule has 1 amide bonds. The zero-order chi connectivity index (χ0) is 18.4. The van der Waals surface area contributed by atoms with Crippen molar-refractivity contribution in [2.24, 2.45) is 0 Å². The summed E-state index contributed by atoms with van der Waals surface area (Å²) in [6.45, 7) is -0.0129. The predicted octanol–water partition coefficient (Wildman–Crippen LogP) is 4.40. The van der Waals surface area contributed by atoms with Crippen molar-refractivity contribution in [3.05, 3.63) is 64.7 Å². The highest BCUT2D eigenvalue weighted by Gasteiger charge is 2.16. The lowest BCUT2D eigenvalue weighted by molar-refractivity contribution is -0.124. The zero-order valence-electron chi connectivity index (χ0n) is 14.5. The van der Waals surface area contributed by atoms with Gasteiger partial charge < -0.3 is 10.1 Å². The maximum atomic E-state index is 12.4. The highest BCUT2D eigenvalue weighted by molar-refractivity contribution is 6.30. The van der Waals surface area contributed by atoms with Crippen LogP contribution in [0.3, 0.4) is 0 Å². The number of nitrogens with one attached hydrogen (secondary N) is 1. The Hall–Kier alpha value is -2.33. The Morgan fingerprint density at radius 1 is 0.923 bits per heavy atom. The van der Waals surface area contributed by atoms with Gasteiger partial charge in [0.15, 0.2) is 12.4 Å². The van der Waals surface area contributed by atoms with E-state index >= 15 is 0 Å². The first-order valence-electron chi connectivity index (χ1n) is 8.94. The average molecular weight is 372 g/mol. The second kappa shape index (κ2) is 8.86. The van der Waals surface area contributed by atoms with Crippen molar-refractivity contribution in [3.8, 4) is 5.75 Å². The molecule has 4 nitrogen and oxygen atoms in total. The summed E-state index contributed by atoms with van der Waals surface area (Å²) < 4.78 is 5.52. The molecular weight excluding hydrogens is 350 g/mol. The number of hydrogen-bond donors (Lipinski definition) is 1. The minimum Gasteiger partial charge on any atom is -0.484 e. The largest absolute Gasteiger partial charge is 0.484 e. The molecule has 0 aliphatic heterocycles. The molecule has 1 fully saturated rings. The summed E-state index contributed by atoms with van der Waals surface area (Å²) in [5.74, 6) is 0.387. The quantitative estimate of drug-likeness (QED) is 0.766. The van der Waals surface area contributed by atoms with Crippen LogP contribution in [-0.2, 0) is 4.79 Å². The lowest BCUT2D eigenvalue weighted by Crippen LogP contribution is -2.38. The van der Waals surface area contributed by atoms with E-state index in [4.69, 9.17) is 16.3 Å². The summed E-state index contributed by atoms with van der Waals surface area (Å²) in [5, 5.41) is 3.61. The van der Waals surface area contributed by atoms with Gasteiger partial charge in [-0.1, -0.05) is 30.9 Å². The van der Waals surface area contributed by atoms with Crippen LogP contribution in [-0.4, -0.2) is 24.3 Å². The van der Waals surface area contributed by atoms with Gasteiger partial charge in [-0.3, -0.25) is 9.59 Å². The van der Waals surface area contributed by atoms with Crippen molar-refractivity contribution in [1.29, 1.82) is 0 Å². The second-order valence-electron chi connectivity index (χ2n) is 6.55. The van der Waals surface area contributed by atoms with Gasteiger partial charge >= 0.3 is 0 Å². The van der Waals surface area contributed by atoms with E-state index in [1.807, 2.05) is 0 Å². The lowest BCUT2D eigenvalue weighted by Gasteiger charge is -2.22. The maximum Gasteiger partial charge on any atom is 0.258 e. The van der Waals surface area contributed by atoms with Gasteiger partial charge in [0.05, 0.1) is 0 Å². The summed E-state index contributed by atoms with van der Waals surface area (Å²) in [7, 11) is 0. The van der Waals surface area contributed by atoms with Gasteiger partial charge in [0.25, 0.3) is 5.91 Å². The van der Waals surface area contributed by atoms with Crippen molar-refractivity contribution in [3.63, 3.8) is 0 Å². The number of benzene rings is 2. The smallest absolute Gasteiger partial charge is 0.258 e. The average Bonchev–Trinajstić information content (AvgIpc) is 2.68. The Bertz CT molecular complexity index is 750. The number of rotatable bonds is 6. The van der Waals surface area contributed by atoms with Gasteiger partial charge in [0, 0.05) is 22.2 Å². The van der Waals surface area contributed by atoms with E-state index in [1.54, 1.807) is 48.5 Å². The van der Waals surface area contributed by atoms with Crippen molar-refractivity contribution in [1.82, 2.24) is 5.32 Å². The monoisotopic (exact) mass is 371 g/mol. The molecule has 0 aromatic heterocycles. The molecule has 0 bridgehead atoms. The minimum atomic E-state index is -0.0989. The number of ether oxygens (including phenoxy) is 1. The number of halogens is 1. The topological polar surface area (TPSA) is 55.4 Å². The summed E-state index contributed by atoms with van der Waals surface area (Å²) >= 11 is 5.84. The fraction of sp³-hybridized carbons (Fsp3) is 0.333. The molecule has 0 unspecified atom stereocenters. The van der Waals surface area contributed by atoms with Crippen LogP contribution in [0.2, 0.25) is 5.02 Å². The van der Waals surface area contributed by atoms with E-state index in [9.17, 15) is 9.59 Å². The molecule has 2 aromatic carbocycles. The van der Waals surface area contributed by atoms with Gasteiger partial charge in [0.2, 0.25) is 0 Å². The predicted molar refractivity (Wildman–Crippen MR) is 102 cm³/mol. The molecule has 1 aliphatic carbocycles. The first kappa shape index (κ1) is 18.5. The molecule has 0 radical (unpaired) electrons. The normalized spacial score (nSPS) is 14.7. The molecule has 0 heterocycles. The molecule has 0 atom stereocenters. The van der Waals surface area contributed by atoms with E-state index in [1.165, 1.54) is 19.3 Å². The Balaban J connectivity index is 1.51. The van der Waals surface area contributed by atoms with E-state index in [0.29, 0.717) is 21.9 Å². The van der Waals surface area contributed by atoms with Gasteiger partial charge in [-0.15, -0.1) is 0 Å². The van der Waals surface area contributed by atoms with Crippen LogP contribution in [0, 0.1) is 0 Å². The van der Waals surface area contributed by atoms with Crippen molar-refractivity contribution in [2.75, 3.05) is 6.61 Å². The fourth-order valence-electron chi connectivity index (χ4n) is 3.14. The van der Waals surface area contributed by atoms with Crippen LogP contribution >= 0.6 is 11.6 Å². The Kier molecular flexibility index (Phi) is 6.29. The van der Waals surface area contributed by atoms with E-state index in [0.717, 1.165) is 12.8 Å². The van der Waals surface area contributed by atoms with E-state index < -0.39 is 0 Å². The molecule has 136 valence electrons. The van der Waals surface area contributed by atoms with Gasteiger partial charge in [-0.25, -0.2) is 0 Å². The second-order valence-corrected chi connectivity index (χ2v) is 6.99. The lowest BCUT2D eigenvalue weighted by atomic mass is 9.95. The van der Waals surface area contributed by atoms with Crippen LogP contribution in [0.5, 0.6) is 5.75 Å². The Morgan fingerprint density at radius 3 is 2.12 bits per heavy atom. The Labute approximate surface area is 158 Å². The molecule has 1 saturated carbocycles. The fourth-order valence-corrected chi connectivity index (χ4v) is 3.26. The van der Waals surface area contributed by atoms with Crippen molar-refractivity contribution < 1.29 is 14.3 Å². The molecule has 0 saturated heterocycles. The minimum absolute atomic E-state index is 0.0129. The maximum absolute atomic E-state index is 12.4. The third-order valence-corrected chi connectivity index (χ3v) is 4.82. The molecule has 1 aliphatic rings. The molecule has 3 rings (SSSR count). The summed E-state index contributed by atoms with van der Waals surface area (Å²) in [4.78, 5) is 24.4. The molecule has 0 spiro atoms. The molecule has 26 heavy (non-hydrogen) atoms. The standard InChI is InChI=1S/C21H22ClNO3/c22-17-10-6-15(7-11-17)21(25)16-8-12-19(13-9-16)26-14-20(24)23-18-4-2-1-3-5-18/h6-13,18H,1-5,14H2,(H,23,24). The van der Waals surface area contributed by atoms with Crippen LogP contribution in [0.25, 0.3) is 0 Å². The Morgan fingerprint density at radius 2 is 1.50 bits per heavy atom.